The smallest absolute Gasteiger partial charge is 0.0867 e. The van der Waals surface area contributed by atoms with E-state index >= 15 is 0 Å². The van der Waals surface area contributed by atoms with Crippen LogP contribution in [0.2, 0.25) is 0 Å². The van der Waals surface area contributed by atoms with Gasteiger partial charge in [0.2, 0.25) is 0 Å². The summed E-state index contributed by atoms with van der Waals surface area (Å²) in [5.41, 5.74) is 4.34. The summed E-state index contributed by atoms with van der Waals surface area (Å²) in [6, 6.07) is 0.502. The van der Waals surface area contributed by atoms with Crippen LogP contribution in [0.5, 0.6) is 0 Å². The van der Waals surface area contributed by atoms with Gasteiger partial charge in [-0.3, -0.25) is 0 Å². The minimum atomic E-state index is 0.502. The van der Waals surface area contributed by atoms with Gasteiger partial charge in [-0.2, -0.15) is 5.10 Å². The molecule has 0 aliphatic carbocycles. The zero-order chi connectivity index (χ0) is 8.93. The van der Waals surface area contributed by atoms with Gasteiger partial charge in [-0.15, -0.1) is 0 Å². The van der Waals surface area contributed by atoms with E-state index in [-0.39, 0.29) is 0 Å². The van der Waals surface area contributed by atoms with Crippen LogP contribution in [0.15, 0.2) is 5.10 Å². The minimum absolute atomic E-state index is 0.502. The van der Waals surface area contributed by atoms with E-state index in [1.54, 1.807) is 0 Å². The summed E-state index contributed by atoms with van der Waals surface area (Å²) in [7, 11) is 0. The second kappa shape index (κ2) is 4.58. The van der Waals surface area contributed by atoms with Crippen LogP contribution in [0.4, 0.5) is 0 Å². The molecule has 0 aromatic heterocycles. The fraction of sp³-hybridized carbons (Fsp3) is 0.889. The molecule has 0 bridgehead atoms. The molecule has 13 heavy (non-hydrogen) atoms. The van der Waals surface area contributed by atoms with E-state index in [1.807, 2.05) is 0 Å². The van der Waals surface area contributed by atoms with Crippen molar-refractivity contribution in [2.24, 2.45) is 5.10 Å². The maximum atomic E-state index is 5.26. The Morgan fingerprint density at radius 3 is 2.69 bits per heavy atom. The minimum Gasteiger partial charge on any atom is -0.381 e. The van der Waals surface area contributed by atoms with Crippen LogP contribution in [0.25, 0.3) is 0 Å². The average molecular weight is 184 g/mol. The zero-order valence-corrected chi connectivity index (χ0v) is 7.79. The molecule has 0 aromatic carbocycles. The molecule has 2 saturated heterocycles. The molecule has 1 N–H and O–H groups in total. The van der Waals surface area contributed by atoms with Gasteiger partial charge in [0.05, 0.1) is 18.9 Å². The molecule has 0 saturated carbocycles. The molecular formula is C9H16N2O2. The summed E-state index contributed by atoms with van der Waals surface area (Å²) in [5, 5.41) is 4.33. The summed E-state index contributed by atoms with van der Waals surface area (Å²) in [5.74, 6) is 0. The SMILES string of the molecule is C1CC(N/N=C2\CCOC2)CCO1. The Morgan fingerprint density at radius 1 is 1.15 bits per heavy atom. The van der Waals surface area contributed by atoms with E-state index < -0.39 is 0 Å². The van der Waals surface area contributed by atoms with Crippen molar-refractivity contribution in [1.29, 1.82) is 0 Å². The van der Waals surface area contributed by atoms with E-state index in [4.69, 9.17) is 9.47 Å². The molecule has 0 radical (unpaired) electrons. The van der Waals surface area contributed by atoms with Crippen LogP contribution in [0.1, 0.15) is 19.3 Å². The number of nitrogens with one attached hydrogen (secondary N) is 1. The van der Waals surface area contributed by atoms with Crippen LogP contribution >= 0.6 is 0 Å². The number of nitrogens with zero attached hydrogens (tertiary/aromatic N) is 1. The number of hydrogen-bond acceptors (Lipinski definition) is 4. The van der Waals surface area contributed by atoms with Gasteiger partial charge in [0.1, 0.15) is 0 Å². The van der Waals surface area contributed by atoms with E-state index in [2.05, 4.69) is 10.5 Å². The lowest BCUT2D eigenvalue weighted by Crippen LogP contribution is -2.32. The fourth-order valence-electron chi connectivity index (χ4n) is 1.55. The van der Waals surface area contributed by atoms with Crippen molar-refractivity contribution in [3.63, 3.8) is 0 Å². The van der Waals surface area contributed by atoms with Gasteiger partial charge < -0.3 is 14.9 Å². The lowest BCUT2D eigenvalue weighted by Gasteiger charge is -2.21. The highest BCUT2D eigenvalue weighted by molar-refractivity contribution is 5.86. The molecule has 2 aliphatic rings. The monoisotopic (exact) mass is 184 g/mol. The molecule has 74 valence electrons. The molecule has 0 aromatic rings. The summed E-state index contributed by atoms with van der Waals surface area (Å²) in [6.07, 6.45) is 3.12. The van der Waals surface area contributed by atoms with Crippen LogP contribution < -0.4 is 5.43 Å². The summed E-state index contributed by atoms with van der Waals surface area (Å²) in [6.45, 7) is 3.25. The molecule has 4 heteroatoms. The van der Waals surface area contributed by atoms with Gasteiger partial charge in [-0.25, -0.2) is 0 Å². The quantitative estimate of drug-likeness (QED) is 0.637. The lowest BCUT2D eigenvalue weighted by molar-refractivity contribution is 0.0783. The average Bonchev–Trinajstić information content (AvgIpc) is 2.69. The first-order valence-corrected chi connectivity index (χ1v) is 4.91. The van der Waals surface area contributed by atoms with Crippen molar-refractivity contribution in [2.75, 3.05) is 26.4 Å². The number of ether oxygens (including phenoxy) is 2. The third-order valence-electron chi connectivity index (χ3n) is 2.43. The van der Waals surface area contributed by atoms with Crippen molar-refractivity contribution >= 4 is 5.71 Å². The van der Waals surface area contributed by atoms with Crippen molar-refractivity contribution in [3.05, 3.63) is 0 Å². The van der Waals surface area contributed by atoms with Crippen molar-refractivity contribution in [2.45, 2.75) is 25.3 Å². The third-order valence-corrected chi connectivity index (χ3v) is 2.43. The molecule has 2 fully saturated rings. The number of rotatable bonds is 2. The Labute approximate surface area is 78.3 Å². The van der Waals surface area contributed by atoms with Gasteiger partial charge in [0, 0.05) is 25.7 Å². The molecule has 0 atom stereocenters. The first-order valence-electron chi connectivity index (χ1n) is 4.91. The molecule has 0 amide bonds. The van der Waals surface area contributed by atoms with Gasteiger partial charge in [-0.05, 0) is 12.8 Å². The van der Waals surface area contributed by atoms with E-state index in [0.717, 1.165) is 44.8 Å². The summed E-state index contributed by atoms with van der Waals surface area (Å²) in [4.78, 5) is 0. The molecule has 2 heterocycles. The lowest BCUT2D eigenvalue weighted by atomic mass is 10.1. The third kappa shape index (κ3) is 2.67. The Morgan fingerprint density at radius 2 is 2.00 bits per heavy atom. The predicted molar refractivity (Wildman–Crippen MR) is 49.8 cm³/mol. The maximum absolute atomic E-state index is 5.26. The second-order valence-electron chi connectivity index (χ2n) is 3.50. The van der Waals surface area contributed by atoms with Crippen LogP contribution in [-0.4, -0.2) is 38.2 Å². The van der Waals surface area contributed by atoms with Gasteiger partial charge >= 0.3 is 0 Å². The van der Waals surface area contributed by atoms with Crippen molar-refractivity contribution < 1.29 is 9.47 Å². The van der Waals surface area contributed by atoms with E-state index in [0.29, 0.717) is 12.6 Å². The first kappa shape index (κ1) is 8.97. The Kier molecular flexibility index (Phi) is 3.16. The highest BCUT2D eigenvalue weighted by atomic mass is 16.5. The van der Waals surface area contributed by atoms with Gasteiger partial charge in [0.15, 0.2) is 0 Å². The van der Waals surface area contributed by atoms with E-state index in [1.165, 1.54) is 0 Å². The van der Waals surface area contributed by atoms with Crippen LogP contribution in [0.3, 0.4) is 0 Å². The predicted octanol–water partition coefficient (Wildman–Crippen LogP) is 0.531. The number of hydrazone groups is 1. The van der Waals surface area contributed by atoms with Crippen LogP contribution in [0, 0.1) is 0 Å². The van der Waals surface area contributed by atoms with Crippen molar-refractivity contribution in [3.8, 4) is 0 Å². The molecule has 2 rings (SSSR count). The Balaban J connectivity index is 1.73. The normalized spacial score (nSPS) is 28.2. The summed E-state index contributed by atoms with van der Waals surface area (Å²) >= 11 is 0. The van der Waals surface area contributed by atoms with Gasteiger partial charge in [0.25, 0.3) is 0 Å². The van der Waals surface area contributed by atoms with Crippen LogP contribution in [-0.2, 0) is 9.47 Å². The molecule has 4 nitrogen and oxygen atoms in total. The topological polar surface area (TPSA) is 42.9 Å². The second-order valence-corrected chi connectivity index (χ2v) is 3.50. The molecule has 2 aliphatic heterocycles. The largest absolute Gasteiger partial charge is 0.381 e. The summed E-state index contributed by atoms with van der Waals surface area (Å²) < 4.78 is 10.5. The maximum Gasteiger partial charge on any atom is 0.0867 e. The van der Waals surface area contributed by atoms with Crippen molar-refractivity contribution in [1.82, 2.24) is 5.43 Å². The Bertz CT molecular complexity index is 180. The van der Waals surface area contributed by atoms with Gasteiger partial charge in [-0.1, -0.05) is 0 Å². The zero-order valence-electron chi connectivity index (χ0n) is 7.79. The Hall–Kier alpha value is -0.610. The first-order chi connectivity index (χ1) is 6.45. The standard InChI is InChI=1S/C9H16N2O2/c1-4-12-5-2-8(1)10-11-9-3-6-13-7-9/h8,10H,1-7H2/b11-9+. The highest BCUT2D eigenvalue weighted by Crippen LogP contribution is 2.06. The molecule has 0 spiro atoms. The molecule has 0 unspecified atom stereocenters. The highest BCUT2D eigenvalue weighted by Gasteiger charge is 2.13. The number of hydrogen-bond donors (Lipinski definition) is 1. The molecular weight excluding hydrogens is 168 g/mol. The fourth-order valence-corrected chi connectivity index (χ4v) is 1.55. The van der Waals surface area contributed by atoms with E-state index in [9.17, 15) is 0 Å².